The normalized spacial score (nSPS) is 19.0. The predicted molar refractivity (Wildman–Crippen MR) is 137 cm³/mol. The molecule has 4 heterocycles. The maximum Gasteiger partial charge on any atom is 0.293 e. The summed E-state index contributed by atoms with van der Waals surface area (Å²) in [5.41, 5.74) is 1.23. The highest BCUT2D eigenvalue weighted by Gasteiger charge is 2.31. The van der Waals surface area contributed by atoms with Crippen molar-refractivity contribution in [3.05, 3.63) is 45.8 Å². The zero-order valence-electron chi connectivity index (χ0n) is 20.1. The van der Waals surface area contributed by atoms with Gasteiger partial charge in [0.1, 0.15) is 5.02 Å². The first-order chi connectivity index (χ1) is 16.8. The molecule has 2 saturated heterocycles. The molecule has 9 nitrogen and oxygen atoms in total. The zero-order chi connectivity index (χ0) is 24.7. The van der Waals surface area contributed by atoms with E-state index in [1.165, 1.54) is 4.57 Å². The Morgan fingerprint density at radius 1 is 1.09 bits per heavy atom. The summed E-state index contributed by atoms with van der Waals surface area (Å²) in [5.74, 6) is 1.95. The molecule has 5 rings (SSSR count). The van der Waals surface area contributed by atoms with E-state index in [0.717, 1.165) is 42.5 Å². The molecule has 1 N–H and O–H groups in total. The van der Waals surface area contributed by atoms with Crippen molar-refractivity contribution in [2.24, 2.45) is 13.0 Å². The lowest BCUT2D eigenvalue weighted by Gasteiger charge is -2.30. The molecule has 2 aromatic heterocycles. The molecule has 0 radical (unpaired) electrons. The number of benzene rings is 1. The molecule has 35 heavy (non-hydrogen) atoms. The van der Waals surface area contributed by atoms with Gasteiger partial charge in [0.05, 0.1) is 11.7 Å². The molecule has 184 valence electrons. The van der Waals surface area contributed by atoms with Gasteiger partial charge in [-0.05, 0) is 43.0 Å². The number of pyridine rings is 1. The van der Waals surface area contributed by atoms with Crippen LogP contribution in [0.2, 0.25) is 5.02 Å². The molecule has 0 aliphatic carbocycles. The fourth-order valence-electron chi connectivity index (χ4n) is 4.61. The van der Waals surface area contributed by atoms with E-state index in [1.807, 2.05) is 18.2 Å². The van der Waals surface area contributed by atoms with Gasteiger partial charge in [-0.2, -0.15) is 4.98 Å². The Bertz CT molecular complexity index is 1330. The fourth-order valence-corrected chi connectivity index (χ4v) is 4.75. The van der Waals surface area contributed by atoms with E-state index in [1.54, 1.807) is 31.3 Å². The van der Waals surface area contributed by atoms with E-state index in [9.17, 15) is 9.59 Å². The minimum absolute atomic E-state index is 0.111. The van der Waals surface area contributed by atoms with Crippen LogP contribution < -0.4 is 20.5 Å². The third-order valence-electron chi connectivity index (χ3n) is 6.90. The molecule has 2 aliphatic rings. The molecule has 1 aromatic carbocycles. The second kappa shape index (κ2) is 9.37. The van der Waals surface area contributed by atoms with Crippen LogP contribution in [0, 0.1) is 5.92 Å². The maximum atomic E-state index is 12.8. The number of carbonyl (C=O) groups excluding carboxylic acids is 1. The second-order valence-electron chi connectivity index (χ2n) is 9.46. The molecule has 2 aliphatic heterocycles. The van der Waals surface area contributed by atoms with Crippen LogP contribution in [0.1, 0.15) is 26.2 Å². The zero-order valence-corrected chi connectivity index (χ0v) is 20.9. The van der Waals surface area contributed by atoms with Crippen LogP contribution in [0.3, 0.4) is 0 Å². The summed E-state index contributed by atoms with van der Waals surface area (Å²) in [5, 5.41) is 4.51. The second-order valence-corrected chi connectivity index (χ2v) is 9.87. The van der Waals surface area contributed by atoms with Crippen molar-refractivity contribution < 1.29 is 9.53 Å². The number of aryl methyl sites for hydroxylation is 1. The van der Waals surface area contributed by atoms with E-state index in [-0.39, 0.29) is 17.2 Å². The SMILES string of the molecule is CC1CCN(c2ncc(Cl)c(Nc3ccc4c(c3)cc(O[C@H]3CCN(C)C3=O)c(=O)n4C)n2)CC1. The quantitative estimate of drug-likeness (QED) is 0.577. The van der Waals surface area contributed by atoms with Crippen molar-refractivity contribution in [3.8, 4) is 5.75 Å². The summed E-state index contributed by atoms with van der Waals surface area (Å²) in [6, 6.07) is 7.33. The highest BCUT2D eigenvalue weighted by atomic mass is 35.5. The number of nitrogens with one attached hydrogen (secondary N) is 1. The average Bonchev–Trinajstić information content (AvgIpc) is 3.16. The highest BCUT2D eigenvalue weighted by Crippen LogP contribution is 2.29. The molecule has 0 saturated carbocycles. The third kappa shape index (κ3) is 4.65. The van der Waals surface area contributed by atoms with Gasteiger partial charge in [0.15, 0.2) is 17.7 Å². The lowest BCUT2D eigenvalue weighted by molar-refractivity contribution is -0.132. The summed E-state index contributed by atoms with van der Waals surface area (Å²) < 4.78 is 7.39. The van der Waals surface area contributed by atoms with Gasteiger partial charge >= 0.3 is 0 Å². The van der Waals surface area contributed by atoms with Gasteiger partial charge in [-0.1, -0.05) is 18.5 Å². The van der Waals surface area contributed by atoms with Crippen molar-refractivity contribution in [3.63, 3.8) is 0 Å². The average molecular weight is 497 g/mol. The first-order valence-corrected chi connectivity index (χ1v) is 12.3. The summed E-state index contributed by atoms with van der Waals surface area (Å²) in [6.45, 7) is 4.73. The predicted octanol–water partition coefficient (Wildman–Crippen LogP) is 3.57. The Hall–Kier alpha value is -3.33. The molecule has 0 spiro atoms. The summed E-state index contributed by atoms with van der Waals surface area (Å²) in [6.07, 6.45) is 3.78. The summed E-state index contributed by atoms with van der Waals surface area (Å²) in [7, 11) is 3.43. The fraction of sp³-hybridized carbons (Fsp3) is 0.440. The first-order valence-electron chi connectivity index (χ1n) is 11.9. The number of aromatic nitrogens is 3. The van der Waals surface area contributed by atoms with E-state index in [0.29, 0.717) is 35.7 Å². The standard InChI is InChI=1S/C25H29ClN6O3/c1-15-6-10-32(11-7-15)25-27-14-18(26)22(29-25)28-17-4-5-19-16(12-17)13-21(24(34)31(19)3)35-20-8-9-30(2)23(20)33/h4-5,12-15,20H,6-11H2,1-3H3,(H,27,28,29)/t20-/m0/s1. The smallest absolute Gasteiger partial charge is 0.293 e. The number of likely N-dealkylation sites (tertiary alicyclic amines) is 1. The lowest BCUT2D eigenvalue weighted by Crippen LogP contribution is -2.34. The van der Waals surface area contributed by atoms with Gasteiger partial charge in [-0.15, -0.1) is 0 Å². The summed E-state index contributed by atoms with van der Waals surface area (Å²) >= 11 is 6.41. The molecule has 2 fully saturated rings. The Morgan fingerprint density at radius 3 is 2.57 bits per heavy atom. The number of amides is 1. The molecular formula is C25H29ClN6O3. The van der Waals surface area contributed by atoms with Crippen LogP contribution >= 0.6 is 11.6 Å². The number of hydrogen-bond acceptors (Lipinski definition) is 7. The molecule has 0 unspecified atom stereocenters. The van der Waals surface area contributed by atoms with E-state index in [2.05, 4.69) is 27.1 Å². The Kier molecular flexibility index (Phi) is 6.27. The number of nitrogens with zero attached hydrogens (tertiary/aromatic N) is 5. The highest BCUT2D eigenvalue weighted by molar-refractivity contribution is 6.32. The van der Waals surface area contributed by atoms with Gasteiger partial charge < -0.3 is 24.4 Å². The summed E-state index contributed by atoms with van der Waals surface area (Å²) in [4.78, 5) is 38.0. The maximum absolute atomic E-state index is 12.8. The van der Waals surface area contributed by atoms with Gasteiger partial charge in [0, 0.05) is 51.2 Å². The number of carbonyl (C=O) groups is 1. The topological polar surface area (TPSA) is 92.6 Å². The van der Waals surface area contributed by atoms with E-state index >= 15 is 0 Å². The number of anilines is 3. The number of piperidine rings is 1. The Balaban J connectivity index is 1.42. The molecule has 3 aromatic rings. The van der Waals surface area contributed by atoms with Crippen LogP contribution in [-0.2, 0) is 11.8 Å². The van der Waals surface area contributed by atoms with Crippen molar-refractivity contribution >= 4 is 45.9 Å². The van der Waals surface area contributed by atoms with Gasteiger partial charge in [0.25, 0.3) is 11.5 Å². The van der Waals surface area contributed by atoms with Crippen LogP contribution in [0.5, 0.6) is 5.75 Å². The minimum Gasteiger partial charge on any atom is -0.475 e. The number of likely N-dealkylation sites (N-methyl/N-ethyl adjacent to an activating group) is 1. The van der Waals surface area contributed by atoms with Crippen molar-refractivity contribution in [2.75, 3.05) is 36.9 Å². The molecular weight excluding hydrogens is 468 g/mol. The number of hydrogen-bond donors (Lipinski definition) is 1. The van der Waals surface area contributed by atoms with Crippen LogP contribution in [0.4, 0.5) is 17.5 Å². The Morgan fingerprint density at radius 2 is 1.86 bits per heavy atom. The molecule has 10 heteroatoms. The number of ether oxygens (including phenoxy) is 1. The van der Waals surface area contributed by atoms with Crippen LogP contribution in [0.25, 0.3) is 10.9 Å². The van der Waals surface area contributed by atoms with Crippen molar-refractivity contribution in [2.45, 2.75) is 32.3 Å². The van der Waals surface area contributed by atoms with Gasteiger partial charge in [0.2, 0.25) is 5.95 Å². The molecule has 0 bridgehead atoms. The third-order valence-corrected chi connectivity index (χ3v) is 7.18. The monoisotopic (exact) mass is 496 g/mol. The van der Waals surface area contributed by atoms with Crippen molar-refractivity contribution in [1.29, 1.82) is 0 Å². The Labute approximate surface area is 208 Å². The number of fused-ring (bicyclic) bond motifs is 1. The number of rotatable bonds is 5. The van der Waals surface area contributed by atoms with E-state index < -0.39 is 6.10 Å². The number of halogens is 1. The van der Waals surface area contributed by atoms with Gasteiger partial charge in [-0.25, -0.2) is 4.98 Å². The van der Waals surface area contributed by atoms with Crippen LogP contribution in [0.15, 0.2) is 35.3 Å². The van der Waals surface area contributed by atoms with Crippen LogP contribution in [-0.4, -0.2) is 58.1 Å². The van der Waals surface area contributed by atoms with Gasteiger partial charge in [-0.3, -0.25) is 9.59 Å². The van der Waals surface area contributed by atoms with E-state index in [4.69, 9.17) is 16.3 Å². The first kappa shape index (κ1) is 23.4. The molecule has 1 atom stereocenters. The molecule has 1 amide bonds. The minimum atomic E-state index is -0.637. The largest absolute Gasteiger partial charge is 0.475 e. The lowest BCUT2D eigenvalue weighted by atomic mass is 10.00. The van der Waals surface area contributed by atoms with Crippen molar-refractivity contribution in [1.82, 2.24) is 19.4 Å².